The topological polar surface area (TPSA) is 73.3 Å². The van der Waals surface area contributed by atoms with Gasteiger partial charge in [-0.05, 0) is 31.0 Å². The molecule has 1 aliphatic carbocycles. The normalized spacial score (nSPS) is 14.7. The Bertz CT molecular complexity index is 766. The fraction of sp³-hybridized carbons (Fsp3) is 0.500. The third-order valence-corrected chi connectivity index (χ3v) is 6.25. The molecule has 1 N–H and O–H groups in total. The second-order valence-electron chi connectivity index (χ2n) is 6.26. The first-order valence-corrected chi connectivity index (χ1v) is 10.6. The number of carbonyl (C=O) groups excluding carboxylic acids is 1. The van der Waals surface area contributed by atoms with Gasteiger partial charge in [-0.25, -0.2) is 4.39 Å². The van der Waals surface area contributed by atoms with E-state index in [1.54, 1.807) is 0 Å². The molecule has 0 spiro atoms. The van der Waals surface area contributed by atoms with Gasteiger partial charge in [0.2, 0.25) is 5.13 Å². The second kappa shape index (κ2) is 9.89. The van der Waals surface area contributed by atoms with E-state index in [2.05, 4.69) is 15.5 Å². The highest BCUT2D eigenvalue weighted by atomic mass is 32.2. The molecule has 6 nitrogen and oxygen atoms in total. The molecule has 0 unspecified atom stereocenters. The summed E-state index contributed by atoms with van der Waals surface area (Å²) in [5.74, 6) is -0.193. The van der Waals surface area contributed by atoms with Crippen LogP contribution in [0.15, 0.2) is 22.5 Å². The van der Waals surface area contributed by atoms with E-state index in [1.807, 2.05) is 0 Å². The summed E-state index contributed by atoms with van der Waals surface area (Å²) >= 11 is 2.73. The Hall–Kier alpha value is -1.87. The Balaban J connectivity index is 1.43. The van der Waals surface area contributed by atoms with E-state index in [0.29, 0.717) is 21.7 Å². The minimum atomic E-state index is -0.400. The molecule has 0 bridgehead atoms. The summed E-state index contributed by atoms with van der Waals surface area (Å²) in [6.07, 6.45) is 6.13. The number of halogens is 1. The molecule has 1 aliphatic rings. The smallest absolute Gasteiger partial charge is 0.316 e. The van der Waals surface area contributed by atoms with Gasteiger partial charge in [0.1, 0.15) is 18.2 Å². The second-order valence-corrected chi connectivity index (χ2v) is 8.46. The van der Waals surface area contributed by atoms with Gasteiger partial charge in [-0.1, -0.05) is 42.4 Å². The quantitative estimate of drug-likeness (QED) is 0.514. The number of thioether (sulfide) groups is 1. The molecule has 0 amide bonds. The van der Waals surface area contributed by atoms with Crippen LogP contribution in [0.3, 0.4) is 0 Å². The van der Waals surface area contributed by atoms with Crippen molar-refractivity contribution >= 4 is 34.2 Å². The predicted molar refractivity (Wildman–Crippen MR) is 104 cm³/mol. The third kappa shape index (κ3) is 6.07. The third-order valence-electron chi connectivity index (χ3n) is 4.28. The van der Waals surface area contributed by atoms with Crippen LogP contribution in [-0.4, -0.2) is 35.1 Å². The van der Waals surface area contributed by atoms with Crippen LogP contribution >= 0.6 is 23.1 Å². The fourth-order valence-electron chi connectivity index (χ4n) is 2.93. The molecule has 0 aliphatic heterocycles. The van der Waals surface area contributed by atoms with Crippen molar-refractivity contribution in [1.82, 2.24) is 10.2 Å². The van der Waals surface area contributed by atoms with Gasteiger partial charge in [0.25, 0.3) is 0 Å². The molecular formula is C18H22FN3O3S2. The molecule has 0 saturated heterocycles. The molecular weight excluding hydrogens is 389 g/mol. The van der Waals surface area contributed by atoms with Crippen molar-refractivity contribution < 1.29 is 18.7 Å². The molecule has 0 atom stereocenters. The number of nitrogens with one attached hydrogen (secondary N) is 1. The van der Waals surface area contributed by atoms with Gasteiger partial charge in [-0.3, -0.25) is 4.79 Å². The van der Waals surface area contributed by atoms with Crippen LogP contribution < -0.4 is 10.1 Å². The number of esters is 1. The maximum atomic E-state index is 13.3. The Morgan fingerprint density at radius 1 is 1.33 bits per heavy atom. The van der Waals surface area contributed by atoms with Crippen LogP contribution in [0.1, 0.15) is 37.7 Å². The minimum Gasteiger partial charge on any atom is -0.496 e. The summed E-state index contributed by atoms with van der Waals surface area (Å²) in [6.45, 7) is -0.0368. The summed E-state index contributed by atoms with van der Waals surface area (Å²) in [5, 5.41) is 12.5. The van der Waals surface area contributed by atoms with Crippen LogP contribution in [0, 0.1) is 5.82 Å². The molecule has 1 aromatic heterocycles. The predicted octanol–water partition coefficient (Wildman–Crippen LogP) is 4.27. The van der Waals surface area contributed by atoms with E-state index in [1.165, 1.54) is 67.7 Å². The highest BCUT2D eigenvalue weighted by Gasteiger charge is 2.16. The van der Waals surface area contributed by atoms with Crippen molar-refractivity contribution in [3.63, 3.8) is 0 Å². The number of benzene rings is 1. The number of rotatable bonds is 8. The lowest BCUT2D eigenvalue weighted by Crippen LogP contribution is -2.21. The van der Waals surface area contributed by atoms with Gasteiger partial charge in [0.15, 0.2) is 4.34 Å². The van der Waals surface area contributed by atoms with E-state index in [4.69, 9.17) is 9.47 Å². The number of nitrogens with zero attached hydrogens (tertiary/aromatic N) is 2. The Morgan fingerprint density at radius 2 is 2.15 bits per heavy atom. The van der Waals surface area contributed by atoms with Crippen LogP contribution in [0.25, 0.3) is 0 Å². The first kappa shape index (κ1) is 19.9. The molecule has 1 saturated carbocycles. The molecule has 146 valence electrons. The van der Waals surface area contributed by atoms with E-state index in [0.717, 1.165) is 18.0 Å². The maximum absolute atomic E-state index is 13.3. The molecule has 2 aromatic rings. The first-order chi connectivity index (χ1) is 13.1. The highest BCUT2D eigenvalue weighted by molar-refractivity contribution is 8.01. The first-order valence-electron chi connectivity index (χ1n) is 8.85. The monoisotopic (exact) mass is 411 g/mol. The SMILES string of the molecule is COc1ccc(F)cc1COC(=O)CSc1nnc(NC2CCCCC2)s1. The summed E-state index contributed by atoms with van der Waals surface area (Å²) < 4.78 is 24.4. The van der Waals surface area contributed by atoms with Crippen molar-refractivity contribution in [2.24, 2.45) is 0 Å². The van der Waals surface area contributed by atoms with E-state index >= 15 is 0 Å². The van der Waals surface area contributed by atoms with Gasteiger partial charge < -0.3 is 14.8 Å². The molecule has 27 heavy (non-hydrogen) atoms. The molecule has 1 fully saturated rings. The number of carbonyl (C=O) groups is 1. The lowest BCUT2D eigenvalue weighted by atomic mass is 9.96. The Kier molecular flexibility index (Phi) is 7.28. The van der Waals surface area contributed by atoms with Crippen molar-refractivity contribution in [2.45, 2.75) is 49.1 Å². The van der Waals surface area contributed by atoms with Gasteiger partial charge in [-0.15, -0.1) is 10.2 Å². The van der Waals surface area contributed by atoms with Gasteiger partial charge in [-0.2, -0.15) is 0 Å². The van der Waals surface area contributed by atoms with Crippen LogP contribution in [0.4, 0.5) is 9.52 Å². The average molecular weight is 412 g/mol. The highest BCUT2D eigenvalue weighted by Crippen LogP contribution is 2.28. The van der Waals surface area contributed by atoms with Crippen molar-refractivity contribution in [3.05, 3.63) is 29.6 Å². The lowest BCUT2D eigenvalue weighted by Gasteiger charge is -2.21. The largest absolute Gasteiger partial charge is 0.496 e. The van der Waals surface area contributed by atoms with Crippen molar-refractivity contribution in [2.75, 3.05) is 18.2 Å². The van der Waals surface area contributed by atoms with E-state index < -0.39 is 11.8 Å². The maximum Gasteiger partial charge on any atom is 0.316 e. The summed E-state index contributed by atoms with van der Waals surface area (Å²) in [6, 6.07) is 4.58. The number of methoxy groups -OCH3 is 1. The Morgan fingerprint density at radius 3 is 2.93 bits per heavy atom. The minimum absolute atomic E-state index is 0.0368. The standard InChI is InChI=1S/C18H22FN3O3S2/c1-24-15-8-7-13(19)9-12(15)10-25-16(23)11-26-18-22-21-17(27-18)20-14-5-3-2-4-6-14/h7-9,14H,2-6,10-11H2,1H3,(H,20,21). The van der Waals surface area contributed by atoms with Crippen LogP contribution in [-0.2, 0) is 16.1 Å². The molecule has 9 heteroatoms. The number of hydrogen-bond acceptors (Lipinski definition) is 8. The number of aromatic nitrogens is 2. The summed E-state index contributed by atoms with van der Waals surface area (Å²) in [5.41, 5.74) is 0.491. The number of ether oxygens (including phenoxy) is 2. The van der Waals surface area contributed by atoms with Crippen molar-refractivity contribution in [3.8, 4) is 5.75 Å². The Labute approximate surface area is 165 Å². The molecule has 1 heterocycles. The van der Waals surface area contributed by atoms with E-state index in [-0.39, 0.29) is 12.4 Å². The van der Waals surface area contributed by atoms with Gasteiger partial charge >= 0.3 is 5.97 Å². The number of hydrogen-bond donors (Lipinski definition) is 1. The van der Waals surface area contributed by atoms with Gasteiger partial charge in [0, 0.05) is 11.6 Å². The molecule has 1 aromatic carbocycles. The summed E-state index contributed by atoms with van der Waals surface area (Å²) in [7, 11) is 1.49. The van der Waals surface area contributed by atoms with Crippen LogP contribution in [0.2, 0.25) is 0 Å². The molecule has 0 radical (unpaired) electrons. The zero-order valence-electron chi connectivity index (χ0n) is 15.1. The zero-order valence-corrected chi connectivity index (χ0v) is 16.7. The lowest BCUT2D eigenvalue weighted by molar-refractivity contribution is -0.141. The average Bonchev–Trinajstić information content (AvgIpc) is 3.13. The van der Waals surface area contributed by atoms with Gasteiger partial charge in [0.05, 0.1) is 12.9 Å². The molecule has 3 rings (SSSR count). The van der Waals surface area contributed by atoms with Crippen LogP contribution in [0.5, 0.6) is 5.75 Å². The fourth-order valence-corrected chi connectivity index (χ4v) is 4.56. The number of anilines is 1. The van der Waals surface area contributed by atoms with E-state index in [9.17, 15) is 9.18 Å². The zero-order chi connectivity index (χ0) is 19.1. The summed E-state index contributed by atoms with van der Waals surface area (Å²) in [4.78, 5) is 12.0. The van der Waals surface area contributed by atoms with Crippen molar-refractivity contribution in [1.29, 1.82) is 0 Å².